The third kappa shape index (κ3) is 5.04. The van der Waals surface area contributed by atoms with E-state index in [9.17, 15) is 14.7 Å². The first kappa shape index (κ1) is 19.0. The molecule has 0 bridgehead atoms. The highest BCUT2D eigenvalue weighted by Gasteiger charge is 2.18. The number of rotatable bonds is 7. The molecule has 0 atom stereocenters. The highest BCUT2D eigenvalue weighted by atomic mass is 35.5. The lowest BCUT2D eigenvalue weighted by atomic mass is 10.1. The van der Waals surface area contributed by atoms with E-state index in [2.05, 4.69) is 5.32 Å². The molecule has 0 aromatic heterocycles. The number of carboxylic acid groups (broad SMARTS) is 1. The van der Waals surface area contributed by atoms with E-state index in [-0.39, 0.29) is 28.7 Å². The summed E-state index contributed by atoms with van der Waals surface area (Å²) in [7, 11) is 2.84. The Bertz CT molecular complexity index is 779. The van der Waals surface area contributed by atoms with Gasteiger partial charge in [-0.15, -0.1) is 11.8 Å². The van der Waals surface area contributed by atoms with Gasteiger partial charge >= 0.3 is 5.97 Å². The molecule has 0 heterocycles. The summed E-state index contributed by atoms with van der Waals surface area (Å²) in [5.41, 5.74) is 0.0642. The molecule has 25 heavy (non-hydrogen) atoms. The number of methoxy groups -OCH3 is 2. The monoisotopic (exact) mass is 381 g/mol. The number of carbonyl (C=O) groups is 2. The van der Waals surface area contributed by atoms with E-state index >= 15 is 0 Å². The van der Waals surface area contributed by atoms with Gasteiger partial charge in [-0.25, -0.2) is 4.79 Å². The normalized spacial score (nSPS) is 10.2. The van der Waals surface area contributed by atoms with Crippen LogP contribution in [-0.2, 0) is 4.79 Å². The van der Waals surface area contributed by atoms with Gasteiger partial charge in [0, 0.05) is 22.1 Å². The zero-order chi connectivity index (χ0) is 18.4. The zero-order valence-electron chi connectivity index (χ0n) is 13.5. The van der Waals surface area contributed by atoms with Gasteiger partial charge in [-0.1, -0.05) is 11.6 Å². The number of amides is 1. The number of carbonyl (C=O) groups excluding carboxylic acids is 1. The molecule has 0 unspecified atom stereocenters. The summed E-state index contributed by atoms with van der Waals surface area (Å²) in [6.07, 6.45) is 0. The van der Waals surface area contributed by atoms with Gasteiger partial charge in [0.15, 0.2) is 11.5 Å². The molecule has 0 saturated heterocycles. The molecule has 0 saturated carbocycles. The summed E-state index contributed by atoms with van der Waals surface area (Å²) in [4.78, 5) is 24.5. The van der Waals surface area contributed by atoms with E-state index in [1.165, 1.54) is 38.1 Å². The van der Waals surface area contributed by atoms with Gasteiger partial charge in [-0.05, 0) is 24.3 Å². The predicted octanol–water partition coefficient (Wildman–Crippen LogP) is 3.79. The summed E-state index contributed by atoms with van der Waals surface area (Å²) in [5, 5.41) is 12.5. The largest absolute Gasteiger partial charge is 0.493 e. The molecule has 2 N–H and O–H groups in total. The van der Waals surface area contributed by atoms with Crippen LogP contribution in [-0.4, -0.2) is 37.0 Å². The van der Waals surface area contributed by atoms with E-state index in [0.29, 0.717) is 10.8 Å². The molecule has 6 nitrogen and oxygen atoms in total. The Hall–Kier alpha value is -2.38. The molecular formula is C17H16ClNO5S. The molecule has 1 amide bonds. The second-order valence-electron chi connectivity index (χ2n) is 4.85. The number of hydrogen-bond acceptors (Lipinski definition) is 5. The van der Waals surface area contributed by atoms with Gasteiger partial charge in [0.05, 0.1) is 31.2 Å². The average molecular weight is 382 g/mol. The second kappa shape index (κ2) is 8.64. The number of nitrogens with one attached hydrogen (secondary N) is 1. The highest BCUT2D eigenvalue weighted by Crippen LogP contribution is 2.33. The van der Waals surface area contributed by atoms with E-state index < -0.39 is 5.97 Å². The fourth-order valence-corrected chi connectivity index (χ4v) is 2.85. The molecule has 2 aromatic rings. The van der Waals surface area contributed by atoms with Crippen LogP contribution in [0.2, 0.25) is 5.02 Å². The van der Waals surface area contributed by atoms with Gasteiger partial charge < -0.3 is 19.9 Å². The van der Waals surface area contributed by atoms with Crippen molar-refractivity contribution in [2.24, 2.45) is 0 Å². The van der Waals surface area contributed by atoms with Gasteiger partial charge in [-0.3, -0.25) is 4.79 Å². The van der Waals surface area contributed by atoms with Crippen molar-refractivity contribution in [1.29, 1.82) is 0 Å². The zero-order valence-corrected chi connectivity index (χ0v) is 15.1. The third-order valence-corrected chi connectivity index (χ3v) is 4.48. The van der Waals surface area contributed by atoms with Crippen molar-refractivity contribution in [2.75, 3.05) is 25.3 Å². The number of aromatic carboxylic acids is 1. The number of anilines is 1. The Kier molecular flexibility index (Phi) is 6.55. The van der Waals surface area contributed by atoms with Crippen molar-refractivity contribution in [3.63, 3.8) is 0 Å². The standard InChI is InChI=1S/C17H16ClNO5S/c1-23-14-7-12(17(21)22)13(8-15(14)24-2)19-16(20)9-25-11-5-3-10(18)4-6-11/h3-8H,9H2,1-2H3,(H,19,20)(H,21,22). The number of benzene rings is 2. The van der Waals surface area contributed by atoms with Gasteiger partial charge in [0.25, 0.3) is 0 Å². The number of carboxylic acids is 1. The molecule has 0 spiro atoms. The van der Waals surface area contributed by atoms with Gasteiger partial charge in [0.1, 0.15) is 0 Å². The third-order valence-electron chi connectivity index (χ3n) is 3.21. The fourth-order valence-electron chi connectivity index (χ4n) is 2.03. The number of halogens is 1. The number of hydrogen-bond donors (Lipinski definition) is 2. The van der Waals surface area contributed by atoms with E-state index in [4.69, 9.17) is 21.1 Å². The van der Waals surface area contributed by atoms with Crippen LogP contribution in [0, 0.1) is 0 Å². The van der Waals surface area contributed by atoms with Crippen LogP contribution in [0.5, 0.6) is 11.5 Å². The SMILES string of the molecule is COc1cc(NC(=O)CSc2ccc(Cl)cc2)c(C(=O)O)cc1OC. The first-order valence-electron chi connectivity index (χ1n) is 7.12. The van der Waals surface area contributed by atoms with Crippen LogP contribution >= 0.6 is 23.4 Å². The first-order chi connectivity index (χ1) is 11.9. The van der Waals surface area contributed by atoms with Crippen LogP contribution in [0.1, 0.15) is 10.4 Å². The lowest BCUT2D eigenvalue weighted by molar-refractivity contribution is -0.113. The Morgan fingerprint density at radius 3 is 2.28 bits per heavy atom. The molecular weight excluding hydrogens is 366 g/mol. The van der Waals surface area contributed by atoms with Crippen LogP contribution in [0.25, 0.3) is 0 Å². The minimum absolute atomic E-state index is 0.0810. The van der Waals surface area contributed by atoms with Gasteiger partial charge in [-0.2, -0.15) is 0 Å². The summed E-state index contributed by atoms with van der Waals surface area (Å²) in [6, 6.07) is 9.81. The lowest BCUT2D eigenvalue weighted by Crippen LogP contribution is -2.17. The summed E-state index contributed by atoms with van der Waals surface area (Å²) in [5.74, 6) is -0.799. The Morgan fingerprint density at radius 1 is 1.12 bits per heavy atom. The predicted molar refractivity (Wildman–Crippen MR) is 97.3 cm³/mol. The molecule has 0 fully saturated rings. The molecule has 0 aliphatic heterocycles. The summed E-state index contributed by atoms with van der Waals surface area (Å²) >= 11 is 7.13. The Morgan fingerprint density at radius 2 is 1.72 bits per heavy atom. The van der Waals surface area contributed by atoms with Crippen LogP contribution < -0.4 is 14.8 Å². The maximum absolute atomic E-state index is 12.2. The minimum atomic E-state index is -1.18. The quantitative estimate of drug-likeness (QED) is 0.710. The molecule has 132 valence electrons. The number of thioether (sulfide) groups is 1. The molecule has 0 aliphatic carbocycles. The Labute approximate surface area is 154 Å². The lowest BCUT2D eigenvalue weighted by Gasteiger charge is -2.13. The molecule has 0 radical (unpaired) electrons. The van der Waals surface area contributed by atoms with Crippen LogP contribution in [0.15, 0.2) is 41.3 Å². The molecule has 8 heteroatoms. The van der Waals surface area contributed by atoms with Crippen LogP contribution in [0.4, 0.5) is 5.69 Å². The molecule has 2 aromatic carbocycles. The smallest absolute Gasteiger partial charge is 0.337 e. The van der Waals surface area contributed by atoms with E-state index in [1.54, 1.807) is 24.3 Å². The fraction of sp³-hybridized carbons (Fsp3) is 0.176. The van der Waals surface area contributed by atoms with E-state index in [0.717, 1.165) is 4.90 Å². The maximum atomic E-state index is 12.2. The minimum Gasteiger partial charge on any atom is -0.493 e. The first-order valence-corrected chi connectivity index (χ1v) is 8.48. The number of ether oxygens (including phenoxy) is 2. The van der Waals surface area contributed by atoms with Crippen molar-refractivity contribution in [1.82, 2.24) is 0 Å². The maximum Gasteiger partial charge on any atom is 0.337 e. The van der Waals surface area contributed by atoms with Crippen molar-refractivity contribution < 1.29 is 24.2 Å². The average Bonchev–Trinajstić information content (AvgIpc) is 2.60. The van der Waals surface area contributed by atoms with Crippen molar-refractivity contribution in [3.05, 3.63) is 47.0 Å². The Balaban J connectivity index is 2.13. The van der Waals surface area contributed by atoms with E-state index in [1.807, 2.05) is 0 Å². The second-order valence-corrected chi connectivity index (χ2v) is 6.33. The van der Waals surface area contributed by atoms with Crippen molar-refractivity contribution in [3.8, 4) is 11.5 Å². The topological polar surface area (TPSA) is 84.9 Å². The summed E-state index contributed by atoms with van der Waals surface area (Å²) in [6.45, 7) is 0. The van der Waals surface area contributed by atoms with Crippen molar-refractivity contribution >= 4 is 40.9 Å². The molecule has 0 aliphatic rings. The molecule has 2 rings (SSSR count). The summed E-state index contributed by atoms with van der Waals surface area (Å²) < 4.78 is 10.2. The van der Waals surface area contributed by atoms with Crippen molar-refractivity contribution in [2.45, 2.75) is 4.90 Å². The van der Waals surface area contributed by atoms with Gasteiger partial charge in [0.2, 0.25) is 5.91 Å². The highest BCUT2D eigenvalue weighted by molar-refractivity contribution is 8.00. The van der Waals surface area contributed by atoms with Crippen LogP contribution in [0.3, 0.4) is 0 Å².